The van der Waals surface area contributed by atoms with Crippen LogP contribution in [0.5, 0.6) is 11.5 Å². The Labute approximate surface area is 198 Å². The molecule has 0 aliphatic rings. The van der Waals surface area contributed by atoms with E-state index >= 15 is 0 Å². The Hall–Kier alpha value is -4.56. The Morgan fingerprint density at radius 3 is 2.35 bits per heavy atom. The number of para-hydroxylation sites is 2. The fourth-order valence-electron chi connectivity index (χ4n) is 4.22. The van der Waals surface area contributed by atoms with Gasteiger partial charge in [-0.1, -0.05) is 54.1 Å². The van der Waals surface area contributed by atoms with Crippen molar-refractivity contribution in [1.29, 1.82) is 5.26 Å². The lowest BCUT2D eigenvalue weighted by Crippen LogP contribution is -1.99. The van der Waals surface area contributed by atoms with Gasteiger partial charge < -0.3 is 9.47 Å². The molecule has 0 atom stereocenters. The molecule has 0 spiro atoms. The molecule has 0 saturated heterocycles. The molecule has 5 aromatic rings. The van der Waals surface area contributed by atoms with E-state index in [9.17, 15) is 5.26 Å². The number of pyridine rings is 1. The number of ether oxygens (including phenoxy) is 2. The first-order valence-corrected chi connectivity index (χ1v) is 10.9. The number of aromatic nitrogens is 2. The van der Waals surface area contributed by atoms with Crippen LogP contribution in [0.4, 0.5) is 0 Å². The normalized spacial score (nSPS) is 11.2. The Morgan fingerprint density at radius 2 is 1.65 bits per heavy atom. The highest BCUT2D eigenvalue weighted by molar-refractivity contribution is 5.89. The summed E-state index contributed by atoms with van der Waals surface area (Å²) >= 11 is 0. The van der Waals surface area contributed by atoms with Crippen molar-refractivity contribution >= 4 is 28.8 Å². The largest absolute Gasteiger partial charge is 0.497 e. The first kappa shape index (κ1) is 21.3. The molecule has 0 N–H and O–H groups in total. The summed E-state index contributed by atoms with van der Waals surface area (Å²) in [7, 11) is 3.27. The van der Waals surface area contributed by atoms with Crippen molar-refractivity contribution in [3.8, 4) is 28.8 Å². The highest BCUT2D eigenvalue weighted by Gasteiger charge is 2.18. The standard InChI is InChI=1S/C29H23N3O2/c1-19-7-6-8-20(13-19)11-12-21-16-28(22-14-23(33-2)17-24(15-22)34-3)32-27-10-5-4-9-26(27)31-29(32)25(21)18-30/h4-17H,1-3H3. The maximum atomic E-state index is 10.1. The zero-order valence-electron chi connectivity index (χ0n) is 19.2. The number of nitriles is 1. The van der Waals surface area contributed by atoms with Crippen molar-refractivity contribution in [1.82, 2.24) is 9.38 Å². The Kier molecular flexibility index (Phi) is 5.49. The minimum Gasteiger partial charge on any atom is -0.497 e. The van der Waals surface area contributed by atoms with Gasteiger partial charge in [0.05, 0.1) is 30.9 Å². The summed E-state index contributed by atoms with van der Waals surface area (Å²) in [6.07, 6.45) is 4.01. The smallest absolute Gasteiger partial charge is 0.157 e. The average Bonchev–Trinajstić information content (AvgIpc) is 3.26. The molecule has 0 radical (unpaired) electrons. The van der Waals surface area contributed by atoms with Gasteiger partial charge in [0.15, 0.2) is 5.65 Å². The van der Waals surface area contributed by atoms with Crippen molar-refractivity contribution in [2.45, 2.75) is 6.92 Å². The summed E-state index contributed by atoms with van der Waals surface area (Å²) in [6.45, 7) is 2.06. The molecule has 0 amide bonds. The maximum absolute atomic E-state index is 10.1. The molecule has 0 aliphatic carbocycles. The van der Waals surface area contributed by atoms with Crippen molar-refractivity contribution < 1.29 is 9.47 Å². The topological polar surface area (TPSA) is 59.5 Å². The SMILES string of the molecule is COc1cc(OC)cc(-c2cc(C=Cc3cccc(C)c3)c(C#N)c3nc4ccccc4n23)c1. The van der Waals surface area contributed by atoms with E-state index < -0.39 is 0 Å². The molecule has 0 unspecified atom stereocenters. The summed E-state index contributed by atoms with van der Waals surface area (Å²) < 4.78 is 13.1. The molecule has 5 rings (SSSR count). The minimum absolute atomic E-state index is 0.527. The second-order valence-corrected chi connectivity index (χ2v) is 8.08. The van der Waals surface area contributed by atoms with Crippen molar-refractivity contribution in [2.75, 3.05) is 14.2 Å². The third-order valence-electron chi connectivity index (χ3n) is 5.86. The molecule has 5 heteroatoms. The number of rotatable bonds is 5. The van der Waals surface area contributed by atoms with Crippen molar-refractivity contribution in [2.24, 2.45) is 0 Å². The molecule has 2 aromatic heterocycles. The van der Waals surface area contributed by atoms with Gasteiger partial charge in [-0.25, -0.2) is 4.98 Å². The molecular formula is C29H23N3O2. The van der Waals surface area contributed by atoms with E-state index in [0.717, 1.165) is 33.4 Å². The molecule has 0 bridgehead atoms. The Morgan fingerprint density at radius 1 is 0.882 bits per heavy atom. The summed E-state index contributed by atoms with van der Waals surface area (Å²) in [5.74, 6) is 1.38. The van der Waals surface area contributed by atoms with Crippen LogP contribution in [0, 0.1) is 18.3 Å². The van der Waals surface area contributed by atoms with E-state index in [0.29, 0.717) is 22.7 Å². The van der Waals surface area contributed by atoms with E-state index in [1.807, 2.05) is 77.2 Å². The van der Waals surface area contributed by atoms with Gasteiger partial charge >= 0.3 is 0 Å². The predicted octanol–water partition coefficient (Wildman–Crippen LogP) is 6.52. The summed E-state index contributed by atoms with van der Waals surface area (Å²) in [4.78, 5) is 4.83. The first-order valence-electron chi connectivity index (χ1n) is 10.9. The fourth-order valence-corrected chi connectivity index (χ4v) is 4.22. The molecule has 0 saturated carbocycles. The van der Waals surface area contributed by atoms with Gasteiger partial charge in [-0.2, -0.15) is 5.26 Å². The Balaban J connectivity index is 1.83. The average molecular weight is 446 g/mol. The lowest BCUT2D eigenvalue weighted by atomic mass is 10.0. The van der Waals surface area contributed by atoms with Gasteiger partial charge in [0.1, 0.15) is 23.1 Å². The van der Waals surface area contributed by atoms with Gasteiger partial charge in [0.25, 0.3) is 0 Å². The highest BCUT2D eigenvalue weighted by Crippen LogP contribution is 2.34. The van der Waals surface area contributed by atoms with Gasteiger partial charge in [-0.05, 0) is 48.4 Å². The molecule has 166 valence electrons. The molecule has 5 nitrogen and oxygen atoms in total. The quantitative estimate of drug-likeness (QED) is 0.309. The monoisotopic (exact) mass is 445 g/mol. The van der Waals surface area contributed by atoms with Crippen LogP contribution in [0.2, 0.25) is 0 Å². The summed E-state index contributed by atoms with van der Waals surface area (Å²) in [6, 6.07) is 26.3. The Bertz CT molecular complexity index is 1580. The van der Waals surface area contributed by atoms with Crippen LogP contribution >= 0.6 is 0 Å². The number of methoxy groups -OCH3 is 2. The van der Waals surface area contributed by atoms with Crippen LogP contribution in [0.25, 0.3) is 40.1 Å². The van der Waals surface area contributed by atoms with E-state index in [1.54, 1.807) is 14.2 Å². The lowest BCUT2D eigenvalue weighted by molar-refractivity contribution is 0.394. The fraction of sp³-hybridized carbons (Fsp3) is 0.103. The van der Waals surface area contributed by atoms with Crippen molar-refractivity contribution in [3.05, 3.63) is 95.1 Å². The number of nitrogens with zero attached hydrogens (tertiary/aromatic N) is 3. The number of hydrogen-bond donors (Lipinski definition) is 0. The predicted molar refractivity (Wildman–Crippen MR) is 136 cm³/mol. The number of benzene rings is 3. The zero-order valence-corrected chi connectivity index (χ0v) is 19.2. The van der Waals surface area contributed by atoms with Crippen LogP contribution in [0.3, 0.4) is 0 Å². The molecule has 3 aromatic carbocycles. The third kappa shape index (κ3) is 3.76. The van der Waals surface area contributed by atoms with Crippen LogP contribution in [0.15, 0.2) is 72.8 Å². The van der Waals surface area contributed by atoms with E-state index in [-0.39, 0.29) is 0 Å². The summed E-state index contributed by atoms with van der Waals surface area (Å²) in [5.41, 5.74) is 7.75. The molecule has 34 heavy (non-hydrogen) atoms. The van der Waals surface area contributed by atoms with Gasteiger partial charge in [0, 0.05) is 11.6 Å². The van der Waals surface area contributed by atoms with Crippen molar-refractivity contribution in [3.63, 3.8) is 0 Å². The second-order valence-electron chi connectivity index (χ2n) is 8.08. The lowest BCUT2D eigenvalue weighted by Gasteiger charge is -2.13. The van der Waals surface area contributed by atoms with E-state index in [1.165, 1.54) is 5.56 Å². The molecule has 2 heterocycles. The third-order valence-corrected chi connectivity index (χ3v) is 5.86. The van der Waals surface area contributed by atoms with Gasteiger partial charge in [-0.15, -0.1) is 0 Å². The van der Waals surface area contributed by atoms with Crippen LogP contribution < -0.4 is 9.47 Å². The van der Waals surface area contributed by atoms with Crippen LogP contribution in [0.1, 0.15) is 22.3 Å². The molecular weight excluding hydrogens is 422 g/mol. The van der Waals surface area contributed by atoms with E-state index in [4.69, 9.17) is 14.5 Å². The molecule has 0 aliphatic heterocycles. The number of aryl methyl sites for hydroxylation is 1. The number of fused-ring (bicyclic) bond motifs is 3. The second kappa shape index (κ2) is 8.76. The number of hydrogen-bond acceptors (Lipinski definition) is 4. The van der Waals surface area contributed by atoms with E-state index in [2.05, 4.69) is 25.1 Å². The minimum atomic E-state index is 0.527. The van der Waals surface area contributed by atoms with Gasteiger partial charge in [-0.3, -0.25) is 4.40 Å². The molecule has 0 fully saturated rings. The van der Waals surface area contributed by atoms with Crippen LogP contribution in [-0.2, 0) is 0 Å². The van der Waals surface area contributed by atoms with Crippen LogP contribution in [-0.4, -0.2) is 23.6 Å². The maximum Gasteiger partial charge on any atom is 0.157 e. The first-order chi connectivity index (χ1) is 16.6. The zero-order chi connectivity index (χ0) is 23.7. The highest BCUT2D eigenvalue weighted by atomic mass is 16.5. The van der Waals surface area contributed by atoms with Gasteiger partial charge in [0.2, 0.25) is 0 Å². The number of imidazole rings is 1. The summed E-state index contributed by atoms with van der Waals surface area (Å²) in [5, 5.41) is 10.1.